The molecule has 1 saturated carbocycles. The molecule has 2 aliphatic rings. The van der Waals surface area contributed by atoms with Crippen molar-refractivity contribution in [2.75, 3.05) is 25.6 Å². The van der Waals surface area contributed by atoms with Gasteiger partial charge in [0.1, 0.15) is 11.5 Å². The third kappa shape index (κ3) is 3.38. The average molecular weight is 352 g/mol. The lowest BCUT2D eigenvalue weighted by molar-refractivity contribution is -0.121. The number of carbonyl (C=O) groups excluding carboxylic acids is 3. The summed E-state index contributed by atoms with van der Waals surface area (Å²) in [5, 5.41) is 4.58. The van der Waals surface area contributed by atoms with Crippen LogP contribution < -0.4 is 5.32 Å². The van der Waals surface area contributed by atoms with Gasteiger partial charge in [-0.15, -0.1) is 11.3 Å². The fraction of sp³-hybridized carbons (Fsp3) is 0.562. The van der Waals surface area contributed by atoms with Gasteiger partial charge >= 0.3 is 12.1 Å². The Morgan fingerprint density at radius 3 is 2.71 bits per heavy atom. The number of ether oxygens (including phenoxy) is 2. The van der Waals surface area contributed by atoms with E-state index in [0.717, 1.165) is 25.7 Å². The first kappa shape index (κ1) is 16.8. The predicted octanol–water partition coefficient (Wildman–Crippen LogP) is 2.48. The first-order valence-corrected chi connectivity index (χ1v) is 8.88. The monoisotopic (exact) mass is 352 g/mol. The van der Waals surface area contributed by atoms with Crippen LogP contribution in [0, 0.1) is 5.92 Å². The summed E-state index contributed by atoms with van der Waals surface area (Å²) >= 11 is 1.24. The first-order chi connectivity index (χ1) is 11.6. The number of hydrogen-bond donors (Lipinski definition) is 1. The molecule has 1 aliphatic carbocycles. The van der Waals surface area contributed by atoms with Crippen molar-refractivity contribution in [1.82, 2.24) is 4.90 Å². The Morgan fingerprint density at radius 2 is 2.08 bits per heavy atom. The molecule has 0 atom stereocenters. The molecule has 1 aromatic heterocycles. The summed E-state index contributed by atoms with van der Waals surface area (Å²) in [5.41, 5.74) is 0.502. The van der Waals surface area contributed by atoms with Gasteiger partial charge in [0.05, 0.1) is 19.3 Å². The lowest BCUT2D eigenvalue weighted by atomic mass is 9.85. The lowest BCUT2D eigenvalue weighted by Crippen LogP contribution is -2.40. The minimum Gasteiger partial charge on any atom is -0.465 e. The van der Waals surface area contributed by atoms with E-state index in [1.807, 2.05) is 0 Å². The van der Waals surface area contributed by atoms with E-state index < -0.39 is 5.97 Å². The molecule has 0 radical (unpaired) electrons. The van der Waals surface area contributed by atoms with Gasteiger partial charge in [0.25, 0.3) is 0 Å². The van der Waals surface area contributed by atoms with Crippen LogP contribution in [0.4, 0.5) is 10.5 Å². The second-order valence-corrected chi connectivity index (χ2v) is 6.87. The SMILES string of the molecule is COC(=O)c1sccc1NC(=O)C1CCC(N2CCOC2=O)CC1. The maximum atomic E-state index is 12.5. The zero-order chi connectivity index (χ0) is 17.1. The molecule has 1 aliphatic heterocycles. The number of nitrogens with zero attached hydrogens (tertiary/aromatic N) is 1. The van der Waals surface area contributed by atoms with Gasteiger partial charge in [0.2, 0.25) is 5.91 Å². The zero-order valence-electron chi connectivity index (χ0n) is 13.4. The Balaban J connectivity index is 1.55. The number of esters is 1. The largest absolute Gasteiger partial charge is 0.465 e. The van der Waals surface area contributed by atoms with Crippen LogP contribution >= 0.6 is 11.3 Å². The van der Waals surface area contributed by atoms with Crippen molar-refractivity contribution in [1.29, 1.82) is 0 Å². The summed E-state index contributed by atoms with van der Waals surface area (Å²) in [6.07, 6.45) is 2.78. The third-order valence-electron chi connectivity index (χ3n) is 4.59. The number of carbonyl (C=O) groups is 3. The maximum Gasteiger partial charge on any atom is 0.410 e. The Labute approximate surface area is 143 Å². The summed E-state index contributed by atoms with van der Waals surface area (Å²) in [6, 6.07) is 1.87. The van der Waals surface area contributed by atoms with Gasteiger partial charge in [-0.25, -0.2) is 9.59 Å². The smallest absolute Gasteiger partial charge is 0.410 e. The summed E-state index contributed by atoms with van der Waals surface area (Å²) < 4.78 is 9.69. The van der Waals surface area contributed by atoms with E-state index in [1.54, 1.807) is 16.3 Å². The number of cyclic esters (lactones) is 1. The number of hydrogen-bond acceptors (Lipinski definition) is 6. The third-order valence-corrected chi connectivity index (χ3v) is 5.49. The fourth-order valence-electron chi connectivity index (χ4n) is 3.28. The molecule has 3 rings (SSSR count). The van der Waals surface area contributed by atoms with Crippen molar-refractivity contribution < 1.29 is 23.9 Å². The number of anilines is 1. The van der Waals surface area contributed by atoms with E-state index in [0.29, 0.717) is 23.7 Å². The standard InChI is InChI=1S/C16H20N2O5S/c1-22-15(20)13-12(6-9-24-13)17-14(19)10-2-4-11(5-3-10)18-7-8-23-16(18)21/h6,9-11H,2-5,7-8H2,1H3,(H,17,19). The van der Waals surface area contributed by atoms with Crippen LogP contribution in [0.5, 0.6) is 0 Å². The molecule has 2 amide bonds. The predicted molar refractivity (Wildman–Crippen MR) is 88.1 cm³/mol. The molecule has 8 heteroatoms. The highest BCUT2D eigenvalue weighted by Crippen LogP contribution is 2.31. The molecule has 1 N–H and O–H groups in total. The Bertz CT molecular complexity index is 636. The molecule has 1 saturated heterocycles. The molecular weight excluding hydrogens is 332 g/mol. The number of methoxy groups -OCH3 is 1. The van der Waals surface area contributed by atoms with Crippen LogP contribution in [0.3, 0.4) is 0 Å². The molecule has 0 aromatic carbocycles. The zero-order valence-corrected chi connectivity index (χ0v) is 14.3. The molecule has 24 heavy (non-hydrogen) atoms. The molecule has 0 spiro atoms. The van der Waals surface area contributed by atoms with Gasteiger partial charge in [-0.3, -0.25) is 4.79 Å². The number of amides is 2. The molecule has 130 valence electrons. The minimum atomic E-state index is -0.448. The van der Waals surface area contributed by atoms with Gasteiger partial charge in [-0.05, 0) is 37.1 Å². The molecule has 0 unspecified atom stereocenters. The van der Waals surface area contributed by atoms with Crippen LogP contribution in [-0.4, -0.2) is 49.2 Å². The van der Waals surface area contributed by atoms with Gasteiger partial charge in [-0.2, -0.15) is 0 Å². The van der Waals surface area contributed by atoms with Gasteiger partial charge in [0, 0.05) is 12.0 Å². The van der Waals surface area contributed by atoms with Crippen molar-refractivity contribution >= 4 is 35.0 Å². The Kier molecular flexibility index (Phi) is 5.03. The number of thiophene rings is 1. The van der Waals surface area contributed by atoms with Crippen molar-refractivity contribution in [2.24, 2.45) is 5.92 Å². The molecule has 2 fully saturated rings. The molecule has 7 nitrogen and oxygen atoms in total. The maximum absolute atomic E-state index is 12.5. The van der Waals surface area contributed by atoms with E-state index in [1.165, 1.54) is 18.4 Å². The Morgan fingerprint density at radius 1 is 1.33 bits per heavy atom. The molecule has 2 heterocycles. The van der Waals surface area contributed by atoms with Crippen LogP contribution in [-0.2, 0) is 14.3 Å². The molecule has 1 aromatic rings. The van der Waals surface area contributed by atoms with Crippen molar-refractivity contribution in [3.63, 3.8) is 0 Å². The van der Waals surface area contributed by atoms with E-state index in [4.69, 9.17) is 9.47 Å². The highest BCUT2D eigenvalue weighted by atomic mass is 32.1. The molecular formula is C16H20N2O5S. The van der Waals surface area contributed by atoms with Gasteiger partial charge in [0.15, 0.2) is 0 Å². The highest BCUT2D eigenvalue weighted by Gasteiger charge is 2.34. The van der Waals surface area contributed by atoms with E-state index in [-0.39, 0.29) is 24.0 Å². The average Bonchev–Trinajstić information content (AvgIpc) is 3.23. The van der Waals surface area contributed by atoms with Crippen LogP contribution in [0.15, 0.2) is 11.4 Å². The minimum absolute atomic E-state index is 0.0824. The normalized spacial score (nSPS) is 23.7. The fourth-order valence-corrected chi connectivity index (χ4v) is 4.05. The van der Waals surface area contributed by atoms with E-state index in [2.05, 4.69) is 5.32 Å². The second-order valence-electron chi connectivity index (χ2n) is 5.96. The van der Waals surface area contributed by atoms with E-state index in [9.17, 15) is 14.4 Å². The summed E-state index contributed by atoms with van der Waals surface area (Å²) in [4.78, 5) is 37.9. The molecule has 0 bridgehead atoms. The summed E-state index contributed by atoms with van der Waals surface area (Å²) in [5.74, 6) is -0.636. The van der Waals surface area contributed by atoms with Gasteiger partial charge in [-0.1, -0.05) is 0 Å². The number of nitrogens with one attached hydrogen (secondary N) is 1. The summed E-state index contributed by atoms with van der Waals surface area (Å²) in [6.45, 7) is 1.09. The Hall–Kier alpha value is -2.09. The lowest BCUT2D eigenvalue weighted by Gasteiger charge is -2.32. The van der Waals surface area contributed by atoms with E-state index >= 15 is 0 Å². The quantitative estimate of drug-likeness (QED) is 0.842. The summed E-state index contributed by atoms with van der Waals surface area (Å²) in [7, 11) is 1.32. The highest BCUT2D eigenvalue weighted by molar-refractivity contribution is 7.12. The van der Waals surface area contributed by atoms with Crippen molar-refractivity contribution in [3.05, 3.63) is 16.3 Å². The first-order valence-electron chi connectivity index (χ1n) is 8.00. The van der Waals surface area contributed by atoms with Crippen molar-refractivity contribution in [3.8, 4) is 0 Å². The van der Waals surface area contributed by atoms with Crippen LogP contribution in [0.25, 0.3) is 0 Å². The van der Waals surface area contributed by atoms with Gasteiger partial charge < -0.3 is 19.7 Å². The second kappa shape index (κ2) is 7.21. The topological polar surface area (TPSA) is 84.9 Å². The van der Waals surface area contributed by atoms with Crippen LogP contribution in [0.1, 0.15) is 35.4 Å². The van der Waals surface area contributed by atoms with Crippen molar-refractivity contribution in [2.45, 2.75) is 31.7 Å². The van der Waals surface area contributed by atoms with Crippen LogP contribution in [0.2, 0.25) is 0 Å². The number of rotatable bonds is 4.